The number of nitrogens with one attached hydrogen (secondary N) is 1. The number of carbonyl (C=O) groups excluding carboxylic acids is 2. The number of urea groups is 1. The number of hydrogen-bond acceptors (Lipinski definition) is 3. The van der Waals surface area contributed by atoms with Crippen molar-refractivity contribution in [3.63, 3.8) is 0 Å². The first-order valence-corrected chi connectivity index (χ1v) is 12.4. The van der Waals surface area contributed by atoms with Crippen LogP contribution in [-0.2, 0) is 11.3 Å². The molecule has 1 saturated heterocycles. The van der Waals surface area contributed by atoms with Gasteiger partial charge in [0.15, 0.2) is 0 Å². The third-order valence-electron chi connectivity index (χ3n) is 7.57. The van der Waals surface area contributed by atoms with Crippen molar-refractivity contribution in [3.05, 3.63) is 82.6 Å². The molecule has 0 aromatic heterocycles. The summed E-state index contributed by atoms with van der Waals surface area (Å²) in [5.41, 5.74) is 5.11. The van der Waals surface area contributed by atoms with Gasteiger partial charge in [0.05, 0.1) is 23.9 Å². The van der Waals surface area contributed by atoms with E-state index in [9.17, 15) is 9.59 Å². The molecule has 178 valence electrons. The summed E-state index contributed by atoms with van der Waals surface area (Å²) < 4.78 is 0. The lowest BCUT2D eigenvalue weighted by Gasteiger charge is -2.37. The fourth-order valence-corrected chi connectivity index (χ4v) is 5.44. The van der Waals surface area contributed by atoms with Crippen LogP contribution in [0.4, 0.5) is 4.79 Å². The van der Waals surface area contributed by atoms with Crippen LogP contribution in [0.2, 0.25) is 0 Å². The van der Waals surface area contributed by atoms with Gasteiger partial charge in [-0.05, 0) is 35.4 Å². The molecular weight excluding hydrogens is 424 g/mol. The molecule has 1 N–H and O–H groups in total. The molecule has 0 saturated carbocycles. The molecule has 34 heavy (non-hydrogen) atoms. The molecule has 3 aliphatic heterocycles. The highest BCUT2D eigenvalue weighted by Crippen LogP contribution is 2.38. The molecule has 6 heteroatoms. The topological polar surface area (TPSA) is 55.9 Å². The third-order valence-corrected chi connectivity index (χ3v) is 7.57. The van der Waals surface area contributed by atoms with Gasteiger partial charge in [-0.2, -0.15) is 0 Å². The maximum absolute atomic E-state index is 13.7. The lowest BCUT2D eigenvalue weighted by molar-refractivity contribution is -0.128. The number of rotatable bonds is 5. The van der Waals surface area contributed by atoms with Crippen molar-refractivity contribution < 1.29 is 9.59 Å². The zero-order valence-corrected chi connectivity index (χ0v) is 20.3. The predicted molar refractivity (Wildman–Crippen MR) is 133 cm³/mol. The summed E-state index contributed by atoms with van der Waals surface area (Å²) in [5.74, 6) is 0.508. The summed E-state index contributed by atoms with van der Waals surface area (Å²) in [6.07, 6.45) is 1.91. The van der Waals surface area contributed by atoms with Gasteiger partial charge in [0.25, 0.3) is 5.91 Å². The molecule has 2 aromatic carbocycles. The number of carbonyl (C=O) groups is 2. The number of piperidine rings is 1. The second-order valence-electron chi connectivity index (χ2n) is 10.0. The first-order valence-electron chi connectivity index (χ1n) is 12.4. The van der Waals surface area contributed by atoms with Crippen LogP contribution < -0.4 is 5.32 Å². The molecule has 1 fully saturated rings. The summed E-state index contributed by atoms with van der Waals surface area (Å²) in [7, 11) is 1.77. The molecular formula is C28H34N4O2. The van der Waals surface area contributed by atoms with E-state index in [0.29, 0.717) is 12.5 Å². The smallest absolute Gasteiger partial charge is 0.322 e. The predicted octanol–water partition coefficient (Wildman–Crippen LogP) is 4.27. The molecule has 5 rings (SSSR count). The lowest BCUT2D eigenvalue weighted by Crippen LogP contribution is -2.46. The van der Waals surface area contributed by atoms with Crippen LogP contribution in [0, 0.1) is 0 Å². The Morgan fingerprint density at radius 3 is 2.29 bits per heavy atom. The summed E-state index contributed by atoms with van der Waals surface area (Å²) in [6, 6.07) is 18.5. The van der Waals surface area contributed by atoms with E-state index in [1.165, 1.54) is 11.1 Å². The standard InChI is InChI=1S/C28H34N4O2/c1-19(2)21-9-11-22(12-10-21)26-25-24(30(3)28(34)29-26)18-32(27(25)33)23-13-15-31(16-14-23)17-20-7-5-4-6-8-20/h4-12,19,23,26H,13-18H2,1-3H3,(H,29,34). The molecule has 0 spiro atoms. The minimum absolute atomic E-state index is 0.0706. The highest BCUT2D eigenvalue weighted by molar-refractivity contribution is 6.01. The third kappa shape index (κ3) is 4.23. The van der Waals surface area contributed by atoms with Crippen molar-refractivity contribution in [2.24, 2.45) is 0 Å². The minimum Gasteiger partial charge on any atom is -0.330 e. The van der Waals surface area contributed by atoms with Crippen molar-refractivity contribution in [2.45, 2.75) is 51.2 Å². The number of likely N-dealkylation sites (N-methyl/N-ethyl adjacent to an activating group) is 1. The van der Waals surface area contributed by atoms with E-state index in [2.05, 4.69) is 60.5 Å². The second-order valence-corrected chi connectivity index (χ2v) is 10.0. The van der Waals surface area contributed by atoms with Crippen molar-refractivity contribution in [1.29, 1.82) is 0 Å². The Balaban J connectivity index is 1.31. The Morgan fingerprint density at radius 1 is 0.971 bits per heavy atom. The van der Waals surface area contributed by atoms with E-state index in [4.69, 9.17) is 0 Å². The summed E-state index contributed by atoms with van der Waals surface area (Å²) in [5, 5.41) is 3.06. The van der Waals surface area contributed by atoms with Gasteiger partial charge < -0.3 is 10.2 Å². The van der Waals surface area contributed by atoms with Crippen LogP contribution in [-0.4, -0.2) is 59.4 Å². The van der Waals surface area contributed by atoms with Crippen molar-refractivity contribution in [2.75, 3.05) is 26.7 Å². The summed E-state index contributed by atoms with van der Waals surface area (Å²) in [6.45, 7) is 7.74. The quantitative estimate of drug-likeness (QED) is 0.728. The zero-order valence-electron chi connectivity index (χ0n) is 20.3. The zero-order chi connectivity index (χ0) is 23.8. The van der Waals surface area contributed by atoms with E-state index in [1.807, 2.05) is 23.1 Å². The first kappa shape index (κ1) is 22.7. The van der Waals surface area contributed by atoms with Crippen LogP contribution in [0.3, 0.4) is 0 Å². The van der Waals surface area contributed by atoms with Crippen LogP contribution in [0.25, 0.3) is 0 Å². The Labute approximate surface area is 202 Å². The molecule has 2 aromatic rings. The normalized spacial score (nSPS) is 21.9. The van der Waals surface area contributed by atoms with Crippen LogP contribution in [0.1, 0.15) is 55.3 Å². The highest BCUT2D eigenvalue weighted by atomic mass is 16.2. The molecule has 3 amide bonds. The molecule has 3 aliphatic rings. The number of amides is 3. The number of benzene rings is 2. The van der Waals surface area contributed by atoms with Gasteiger partial charge in [0.2, 0.25) is 0 Å². The summed E-state index contributed by atoms with van der Waals surface area (Å²) in [4.78, 5) is 32.5. The average molecular weight is 459 g/mol. The van der Waals surface area contributed by atoms with Gasteiger partial charge in [0.1, 0.15) is 0 Å². The van der Waals surface area contributed by atoms with E-state index >= 15 is 0 Å². The molecule has 1 atom stereocenters. The molecule has 3 heterocycles. The van der Waals surface area contributed by atoms with Gasteiger partial charge >= 0.3 is 6.03 Å². The van der Waals surface area contributed by atoms with Crippen LogP contribution >= 0.6 is 0 Å². The fourth-order valence-electron chi connectivity index (χ4n) is 5.44. The maximum atomic E-state index is 13.7. The molecule has 0 radical (unpaired) electrons. The van der Waals surface area contributed by atoms with E-state index < -0.39 is 6.04 Å². The van der Waals surface area contributed by atoms with Crippen molar-refractivity contribution in [3.8, 4) is 0 Å². The van der Waals surface area contributed by atoms with Gasteiger partial charge in [-0.3, -0.25) is 14.6 Å². The Kier molecular flexibility index (Phi) is 6.17. The minimum atomic E-state index is -0.393. The van der Waals surface area contributed by atoms with Crippen LogP contribution in [0.15, 0.2) is 65.9 Å². The maximum Gasteiger partial charge on any atom is 0.322 e. The van der Waals surface area contributed by atoms with Gasteiger partial charge in [0, 0.05) is 32.7 Å². The van der Waals surface area contributed by atoms with E-state index in [-0.39, 0.29) is 18.0 Å². The molecule has 6 nitrogen and oxygen atoms in total. The Morgan fingerprint density at radius 2 is 1.65 bits per heavy atom. The molecule has 0 bridgehead atoms. The average Bonchev–Trinajstić information content (AvgIpc) is 3.20. The first-order chi connectivity index (χ1) is 16.4. The number of hydrogen-bond donors (Lipinski definition) is 1. The Bertz CT molecular complexity index is 1090. The van der Waals surface area contributed by atoms with Crippen molar-refractivity contribution >= 4 is 11.9 Å². The number of likely N-dealkylation sites (tertiary alicyclic amines) is 1. The summed E-state index contributed by atoms with van der Waals surface area (Å²) >= 11 is 0. The number of nitrogens with zero attached hydrogens (tertiary/aromatic N) is 3. The SMILES string of the molecule is CC(C)c1ccc(C2NC(=O)N(C)C3=C2C(=O)N(C2CCN(Cc4ccccc4)CC2)C3)cc1. The molecule has 1 unspecified atom stereocenters. The van der Waals surface area contributed by atoms with Crippen molar-refractivity contribution in [1.82, 2.24) is 20.0 Å². The van der Waals surface area contributed by atoms with E-state index in [0.717, 1.165) is 49.3 Å². The lowest BCUT2D eigenvalue weighted by atomic mass is 9.93. The highest BCUT2D eigenvalue weighted by Gasteiger charge is 2.45. The van der Waals surface area contributed by atoms with Gasteiger partial charge in [-0.1, -0.05) is 68.4 Å². The second kappa shape index (κ2) is 9.26. The largest absolute Gasteiger partial charge is 0.330 e. The van der Waals surface area contributed by atoms with Gasteiger partial charge in [-0.25, -0.2) is 4.79 Å². The monoisotopic (exact) mass is 458 g/mol. The molecule has 0 aliphatic carbocycles. The van der Waals surface area contributed by atoms with Crippen LogP contribution in [0.5, 0.6) is 0 Å². The van der Waals surface area contributed by atoms with Gasteiger partial charge in [-0.15, -0.1) is 0 Å². The fraction of sp³-hybridized carbons (Fsp3) is 0.429. The Hall–Kier alpha value is -3.12. The van der Waals surface area contributed by atoms with E-state index in [1.54, 1.807) is 11.9 Å².